The molecule has 1 aromatic carbocycles. The quantitative estimate of drug-likeness (QED) is 0.813. The van der Waals surface area contributed by atoms with Gasteiger partial charge in [-0.25, -0.2) is 0 Å². The third-order valence-corrected chi connectivity index (χ3v) is 3.88. The number of likely N-dealkylation sites (N-methyl/N-ethyl adjacent to an activating group) is 1. The second kappa shape index (κ2) is 7.41. The highest BCUT2D eigenvalue weighted by Crippen LogP contribution is 2.09. The van der Waals surface area contributed by atoms with Gasteiger partial charge < -0.3 is 9.64 Å². The van der Waals surface area contributed by atoms with Gasteiger partial charge in [-0.3, -0.25) is 9.69 Å². The molecule has 0 aromatic heterocycles. The van der Waals surface area contributed by atoms with Crippen LogP contribution in [0.15, 0.2) is 24.3 Å². The van der Waals surface area contributed by atoms with Gasteiger partial charge in [-0.1, -0.05) is 24.3 Å². The van der Waals surface area contributed by atoms with E-state index < -0.39 is 0 Å². The maximum absolute atomic E-state index is 12.2. The summed E-state index contributed by atoms with van der Waals surface area (Å²) >= 11 is 0. The van der Waals surface area contributed by atoms with Crippen molar-refractivity contribution in [2.75, 3.05) is 46.4 Å². The summed E-state index contributed by atoms with van der Waals surface area (Å²) < 4.78 is 5.32. The molecule has 4 heteroatoms. The van der Waals surface area contributed by atoms with Gasteiger partial charge in [-0.05, 0) is 18.1 Å². The van der Waals surface area contributed by atoms with Crippen molar-refractivity contribution in [3.8, 4) is 0 Å². The van der Waals surface area contributed by atoms with Gasteiger partial charge in [0.2, 0.25) is 5.91 Å². The molecule has 1 heterocycles. The molecule has 4 nitrogen and oxygen atoms in total. The predicted octanol–water partition coefficient (Wildman–Crippen LogP) is 1.33. The van der Waals surface area contributed by atoms with Crippen LogP contribution >= 0.6 is 0 Å². The van der Waals surface area contributed by atoms with E-state index in [2.05, 4.69) is 17.9 Å². The second-order valence-electron chi connectivity index (χ2n) is 5.37. The van der Waals surface area contributed by atoms with Gasteiger partial charge >= 0.3 is 0 Å². The van der Waals surface area contributed by atoms with Gasteiger partial charge in [0.15, 0.2) is 0 Å². The minimum Gasteiger partial charge on any atom is -0.379 e. The van der Waals surface area contributed by atoms with Gasteiger partial charge in [-0.2, -0.15) is 0 Å². The first kappa shape index (κ1) is 15.0. The van der Waals surface area contributed by atoms with Crippen molar-refractivity contribution in [1.82, 2.24) is 9.80 Å². The van der Waals surface area contributed by atoms with E-state index in [1.165, 1.54) is 5.56 Å². The Bertz CT molecular complexity index is 442. The topological polar surface area (TPSA) is 32.8 Å². The summed E-state index contributed by atoms with van der Waals surface area (Å²) in [5, 5.41) is 0. The maximum atomic E-state index is 12.2. The van der Waals surface area contributed by atoms with Gasteiger partial charge in [0.05, 0.1) is 19.6 Å². The van der Waals surface area contributed by atoms with Crippen molar-refractivity contribution < 1.29 is 9.53 Å². The first-order valence-corrected chi connectivity index (χ1v) is 7.25. The van der Waals surface area contributed by atoms with Gasteiger partial charge in [0, 0.05) is 33.2 Å². The number of carbonyl (C=O) groups is 1. The molecule has 2 rings (SSSR count). The number of morpholine rings is 1. The minimum atomic E-state index is 0.188. The highest BCUT2D eigenvalue weighted by atomic mass is 16.5. The Kier molecular flexibility index (Phi) is 5.56. The smallest absolute Gasteiger partial charge is 0.226 e. The molecular weight excluding hydrogens is 252 g/mol. The van der Waals surface area contributed by atoms with E-state index >= 15 is 0 Å². The lowest BCUT2D eigenvalue weighted by atomic mass is 10.1. The van der Waals surface area contributed by atoms with Crippen LogP contribution in [0.2, 0.25) is 0 Å². The largest absolute Gasteiger partial charge is 0.379 e. The van der Waals surface area contributed by atoms with Gasteiger partial charge in [0.25, 0.3) is 0 Å². The van der Waals surface area contributed by atoms with Crippen LogP contribution in [0, 0.1) is 6.92 Å². The molecule has 0 bridgehead atoms. The van der Waals surface area contributed by atoms with Crippen molar-refractivity contribution in [3.05, 3.63) is 35.4 Å². The third kappa shape index (κ3) is 4.32. The number of hydrogen-bond acceptors (Lipinski definition) is 3. The Morgan fingerprint density at radius 2 is 2.00 bits per heavy atom. The molecule has 1 aromatic rings. The molecule has 0 radical (unpaired) electrons. The summed E-state index contributed by atoms with van der Waals surface area (Å²) in [4.78, 5) is 16.4. The van der Waals surface area contributed by atoms with Crippen molar-refractivity contribution in [3.63, 3.8) is 0 Å². The summed E-state index contributed by atoms with van der Waals surface area (Å²) in [7, 11) is 1.89. The Balaban J connectivity index is 1.78. The van der Waals surface area contributed by atoms with Crippen LogP contribution in [-0.4, -0.2) is 62.1 Å². The molecule has 1 saturated heterocycles. The van der Waals surface area contributed by atoms with Crippen LogP contribution in [0.25, 0.3) is 0 Å². The number of carbonyl (C=O) groups excluding carboxylic acids is 1. The molecule has 1 amide bonds. The number of benzene rings is 1. The molecule has 20 heavy (non-hydrogen) atoms. The summed E-state index contributed by atoms with van der Waals surface area (Å²) in [5.41, 5.74) is 2.30. The van der Waals surface area contributed by atoms with Gasteiger partial charge in [-0.15, -0.1) is 0 Å². The fraction of sp³-hybridized carbons (Fsp3) is 0.562. The molecular formula is C16H24N2O2. The molecule has 0 saturated carbocycles. The second-order valence-corrected chi connectivity index (χ2v) is 5.37. The number of hydrogen-bond donors (Lipinski definition) is 0. The zero-order valence-electron chi connectivity index (χ0n) is 12.5. The standard InChI is InChI=1S/C16H24N2O2/c1-14-5-3-4-6-15(14)13-16(19)17(2)7-8-18-9-11-20-12-10-18/h3-6H,7-13H2,1-2H3. The maximum Gasteiger partial charge on any atom is 0.226 e. The first-order chi connectivity index (χ1) is 9.66. The van der Waals surface area contributed by atoms with E-state index in [4.69, 9.17) is 4.74 Å². The molecule has 1 aliphatic rings. The van der Waals surface area contributed by atoms with Crippen molar-refractivity contribution >= 4 is 5.91 Å². The average molecular weight is 276 g/mol. The predicted molar refractivity (Wildman–Crippen MR) is 79.8 cm³/mol. The molecule has 1 fully saturated rings. The van der Waals surface area contributed by atoms with E-state index in [1.807, 2.05) is 30.1 Å². The number of nitrogens with zero attached hydrogens (tertiary/aromatic N) is 2. The molecule has 110 valence electrons. The molecule has 0 aliphatic carbocycles. The summed E-state index contributed by atoms with van der Waals surface area (Å²) in [5.74, 6) is 0.188. The Hall–Kier alpha value is -1.39. The van der Waals surface area contributed by atoms with Gasteiger partial charge in [0.1, 0.15) is 0 Å². The van der Waals surface area contributed by atoms with E-state index in [0.717, 1.165) is 45.0 Å². The van der Waals surface area contributed by atoms with Crippen LogP contribution in [-0.2, 0) is 16.0 Å². The lowest BCUT2D eigenvalue weighted by Crippen LogP contribution is -2.42. The SMILES string of the molecule is Cc1ccccc1CC(=O)N(C)CCN1CCOCC1. The number of ether oxygens (including phenoxy) is 1. The fourth-order valence-corrected chi connectivity index (χ4v) is 2.35. The fourth-order valence-electron chi connectivity index (χ4n) is 2.35. The number of amides is 1. The lowest BCUT2D eigenvalue weighted by Gasteiger charge is -2.28. The molecule has 0 spiro atoms. The first-order valence-electron chi connectivity index (χ1n) is 7.25. The lowest BCUT2D eigenvalue weighted by molar-refractivity contribution is -0.129. The van der Waals surface area contributed by atoms with Crippen molar-refractivity contribution in [2.24, 2.45) is 0 Å². The molecule has 0 unspecified atom stereocenters. The minimum absolute atomic E-state index is 0.188. The van der Waals surface area contributed by atoms with Crippen LogP contribution in [0.1, 0.15) is 11.1 Å². The van der Waals surface area contributed by atoms with E-state index in [-0.39, 0.29) is 5.91 Å². The summed E-state index contributed by atoms with van der Waals surface area (Å²) in [6.07, 6.45) is 0.492. The molecule has 1 aliphatic heterocycles. The summed E-state index contributed by atoms with van der Waals surface area (Å²) in [6, 6.07) is 8.08. The van der Waals surface area contributed by atoms with E-state index in [1.54, 1.807) is 0 Å². The Labute approximate surface area is 121 Å². The number of aryl methyl sites for hydroxylation is 1. The van der Waals surface area contributed by atoms with Crippen LogP contribution in [0.4, 0.5) is 0 Å². The van der Waals surface area contributed by atoms with Crippen molar-refractivity contribution in [1.29, 1.82) is 0 Å². The molecule has 0 atom stereocenters. The van der Waals surface area contributed by atoms with E-state index in [9.17, 15) is 4.79 Å². The summed E-state index contributed by atoms with van der Waals surface area (Å²) in [6.45, 7) is 7.32. The normalized spacial score (nSPS) is 16.1. The van der Waals surface area contributed by atoms with Crippen LogP contribution < -0.4 is 0 Å². The Morgan fingerprint density at radius 3 is 2.70 bits per heavy atom. The average Bonchev–Trinajstić information content (AvgIpc) is 2.48. The van der Waals surface area contributed by atoms with Crippen LogP contribution in [0.3, 0.4) is 0 Å². The zero-order valence-corrected chi connectivity index (χ0v) is 12.5. The zero-order chi connectivity index (χ0) is 14.4. The molecule has 0 N–H and O–H groups in total. The van der Waals surface area contributed by atoms with Crippen LogP contribution in [0.5, 0.6) is 0 Å². The highest BCUT2D eigenvalue weighted by Gasteiger charge is 2.14. The number of rotatable bonds is 5. The monoisotopic (exact) mass is 276 g/mol. The highest BCUT2D eigenvalue weighted by molar-refractivity contribution is 5.78. The third-order valence-electron chi connectivity index (χ3n) is 3.88. The van der Waals surface area contributed by atoms with Crippen molar-refractivity contribution in [2.45, 2.75) is 13.3 Å². The Morgan fingerprint density at radius 1 is 1.30 bits per heavy atom. The van der Waals surface area contributed by atoms with E-state index in [0.29, 0.717) is 6.42 Å².